The highest BCUT2D eigenvalue weighted by Crippen LogP contribution is 2.17. The molecular weight excluding hydrogens is 300 g/mol. The van der Waals surface area contributed by atoms with E-state index in [2.05, 4.69) is 55.7 Å². The zero-order chi connectivity index (χ0) is 16.9. The van der Waals surface area contributed by atoms with E-state index >= 15 is 0 Å². The lowest BCUT2D eigenvalue weighted by atomic mass is 10.2. The Kier molecular flexibility index (Phi) is 5.58. The van der Waals surface area contributed by atoms with Crippen molar-refractivity contribution < 1.29 is 0 Å². The number of aromatic nitrogens is 4. The largest absolute Gasteiger partial charge is 0.314 e. The number of likely N-dealkylation sites (tertiary alicyclic amines) is 1. The lowest BCUT2D eigenvalue weighted by Gasteiger charge is -2.24. The maximum atomic E-state index is 4.34. The number of nitrogens with zero attached hydrogens (tertiary/aromatic N) is 6. The Hall–Kier alpha value is -1.79. The van der Waals surface area contributed by atoms with Crippen molar-refractivity contribution >= 4 is 0 Å². The Morgan fingerprint density at radius 1 is 1.25 bits per heavy atom. The topological polar surface area (TPSA) is 50.1 Å². The maximum Gasteiger partial charge on any atom is 0.147 e. The second kappa shape index (κ2) is 7.85. The first-order valence-electron chi connectivity index (χ1n) is 8.87. The average molecular weight is 328 g/mol. The van der Waals surface area contributed by atoms with E-state index in [1.165, 1.54) is 18.5 Å². The fourth-order valence-electron chi connectivity index (χ4n) is 3.52. The summed E-state index contributed by atoms with van der Waals surface area (Å²) in [5.74, 6) is 2.08. The van der Waals surface area contributed by atoms with Crippen LogP contribution in [-0.2, 0) is 19.5 Å². The first kappa shape index (κ1) is 17.0. The van der Waals surface area contributed by atoms with Crippen molar-refractivity contribution in [2.45, 2.75) is 45.8 Å². The second-order valence-corrected chi connectivity index (χ2v) is 6.67. The maximum absolute atomic E-state index is 4.34. The molecule has 130 valence electrons. The molecule has 1 aliphatic heterocycles. The van der Waals surface area contributed by atoms with Gasteiger partial charge in [0.15, 0.2) is 0 Å². The lowest BCUT2D eigenvalue weighted by Crippen LogP contribution is -2.35. The molecule has 0 amide bonds. The fourth-order valence-corrected chi connectivity index (χ4v) is 3.52. The summed E-state index contributed by atoms with van der Waals surface area (Å²) in [6, 6.07) is 4.82. The van der Waals surface area contributed by atoms with Crippen LogP contribution in [0.15, 0.2) is 24.5 Å². The van der Waals surface area contributed by atoms with Gasteiger partial charge in [-0.3, -0.25) is 9.88 Å². The number of aryl methyl sites for hydroxylation is 1. The van der Waals surface area contributed by atoms with Crippen molar-refractivity contribution in [3.63, 3.8) is 0 Å². The van der Waals surface area contributed by atoms with Crippen LogP contribution < -0.4 is 0 Å². The Morgan fingerprint density at radius 2 is 2.04 bits per heavy atom. The highest BCUT2D eigenvalue weighted by molar-refractivity contribution is 5.10. The SMILES string of the molecule is CCn1c(C)nnc1CN(C)[C@@H]1CCN(CCc2ccncc2)C1. The predicted octanol–water partition coefficient (Wildman–Crippen LogP) is 1.75. The van der Waals surface area contributed by atoms with Gasteiger partial charge in [0, 0.05) is 38.1 Å². The highest BCUT2D eigenvalue weighted by atomic mass is 15.3. The van der Waals surface area contributed by atoms with E-state index in [9.17, 15) is 0 Å². The minimum absolute atomic E-state index is 0.602. The molecule has 6 heteroatoms. The van der Waals surface area contributed by atoms with E-state index in [0.29, 0.717) is 6.04 Å². The molecule has 0 radical (unpaired) electrons. The van der Waals surface area contributed by atoms with Crippen LogP contribution in [0.5, 0.6) is 0 Å². The van der Waals surface area contributed by atoms with Crippen molar-refractivity contribution in [1.29, 1.82) is 0 Å². The second-order valence-electron chi connectivity index (χ2n) is 6.67. The summed E-state index contributed by atoms with van der Waals surface area (Å²) in [5, 5.41) is 8.56. The molecular formula is C18H28N6. The van der Waals surface area contributed by atoms with E-state index in [1.807, 2.05) is 19.3 Å². The summed E-state index contributed by atoms with van der Waals surface area (Å²) in [4.78, 5) is 9.08. The van der Waals surface area contributed by atoms with Crippen LogP contribution in [0.25, 0.3) is 0 Å². The molecule has 0 aliphatic carbocycles. The van der Waals surface area contributed by atoms with Crippen LogP contribution in [0, 0.1) is 6.92 Å². The molecule has 3 rings (SSSR count). The van der Waals surface area contributed by atoms with E-state index in [-0.39, 0.29) is 0 Å². The normalized spacial score (nSPS) is 18.6. The average Bonchev–Trinajstić information content (AvgIpc) is 3.21. The van der Waals surface area contributed by atoms with Gasteiger partial charge in [-0.15, -0.1) is 10.2 Å². The molecule has 2 aromatic heterocycles. The van der Waals surface area contributed by atoms with Gasteiger partial charge < -0.3 is 9.47 Å². The third-order valence-corrected chi connectivity index (χ3v) is 5.06. The van der Waals surface area contributed by atoms with Crippen LogP contribution in [0.3, 0.4) is 0 Å². The van der Waals surface area contributed by atoms with Gasteiger partial charge in [0.25, 0.3) is 0 Å². The molecule has 3 heterocycles. The molecule has 24 heavy (non-hydrogen) atoms. The van der Waals surface area contributed by atoms with Crippen LogP contribution in [0.1, 0.15) is 30.6 Å². The molecule has 0 bridgehead atoms. The molecule has 1 fully saturated rings. The van der Waals surface area contributed by atoms with Crippen molar-refractivity contribution in [2.75, 3.05) is 26.7 Å². The number of rotatable bonds is 7. The molecule has 0 spiro atoms. The highest BCUT2D eigenvalue weighted by Gasteiger charge is 2.26. The van der Waals surface area contributed by atoms with Gasteiger partial charge in [-0.1, -0.05) is 0 Å². The van der Waals surface area contributed by atoms with Crippen molar-refractivity contribution in [3.05, 3.63) is 41.7 Å². The van der Waals surface area contributed by atoms with Crippen molar-refractivity contribution in [2.24, 2.45) is 0 Å². The molecule has 1 saturated heterocycles. The lowest BCUT2D eigenvalue weighted by molar-refractivity contribution is 0.218. The number of likely N-dealkylation sites (N-methyl/N-ethyl adjacent to an activating group) is 1. The number of pyridine rings is 1. The summed E-state index contributed by atoms with van der Waals surface area (Å²) >= 11 is 0. The van der Waals surface area contributed by atoms with Crippen LogP contribution in [0.2, 0.25) is 0 Å². The number of hydrogen-bond acceptors (Lipinski definition) is 5. The fraction of sp³-hybridized carbons (Fsp3) is 0.611. The smallest absolute Gasteiger partial charge is 0.147 e. The Balaban J connectivity index is 1.49. The minimum Gasteiger partial charge on any atom is -0.314 e. The third kappa shape index (κ3) is 3.99. The third-order valence-electron chi connectivity index (χ3n) is 5.06. The van der Waals surface area contributed by atoms with Crippen molar-refractivity contribution in [1.82, 2.24) is 29.5 Å². The number of hydrogen-bond donors (Lipinski definition) is 0. The summed E-state index contributed by atoms with van der Waals surface area (Å²) < 4.78 is 2.20. The van der Waals surface area contributed by atoms with E-state index < -0.39 is 0 Å². The van der Waals surface area contributed by atoms with Gasteiger partial charge in [0.1, 0.15) is 11.6 Å². The van der Waals surface area contributed by atoms with E-state index in [4.69, 9.17) is 0 Å². The van der Waals surface area contributed by atoms with Gasteiger partial charge in [0.05, 0.1) is 6.54 Å². The van der Waals surface area contributed by atoms with Crippen LogP contribution in [-0.4, -0.2) is 62.3 Å². The van der Waals surface area contributed by atoms with Crippen molar-refractivity contribution in [3.8, 4) is 0 Å². The molecule has 1 atom stereocenters. The standard InChI is InChI=1S/C18H28N6/c1-4-24-15(2)20-21-18(24)14-22(3)17-8-12-23(13-17)11-7-16-5-9-19-10-6-16/h5-6,9-10,17H,4,7-8,11-14H2,1-3H3/t17-/m1/s1. The van der Waals surface area contributed by atoms with Gasteiger partial charge in [-0.2, -0.15) is 0 Å². The van der Waals surface area contributed by atoms with Gasteiger partial charge >= 0.3 is 0 Å². The quantitative estimate of drug-likeness (QED) is 0.775. The molecule has 0 aromatic carbocycles. The molecule has 0 N–H and O–H groups in total. The summed E-state index contributed by atoms with van der Waals surface area (Å²) in [6.07, 6.45) is 6.08. The van der Waals surface area contributed by atoms with E-state index in [1.54, 1.807) is 0 Å². The summed E-state index contributed by atoms with van der Waals surface area (Å²) in [7, 11) is 2.21. The van der Waals surface area contributed by atoms with E-state index in [0.717, 1.165) is 44.2 Å². The molecule has 0 saturated carbocycles. The minimum atomic E-state index is 0.602. The Morgan fingerprint density at radius 3 is 2.79 bits per heavy atom. The Labute approximate surface area is 144 Å². The Bertz CT molecular complexity index is 638. The summed E-state index contributed by atoms with van der Waals surface area (Å²) in [6.45, 7) is 9.42. The zero-order valence-electron chi connectivity index (χ0n) is 15.0. The molecule has 1 aliphatic rings. The molecule has 0 unspecified atom stereocenters. The van der Waals surface area contributed by atoms with Crippen LogP contribution >= 0.6 is 0 Å². The summed E-state index contributed by atoms with van der Waals surface area (Å²) in [5.41, 5.74) is 1.37. The molecule has 6 nitrogen and oxygen atoms in total. The van der Waals surface area contributed by atoms with Gasteiger partial charge in [0.2, 0.25) is 0 Å². The zero-order valence-corrected chi connectivity index (χ0v) is 15.0. The predicted molar refractivity (Wildman–Crippen MR) is 94.7 cm³/mol. The van der Waals surface area contributed by atoms with Gasteiger partial charge in [-0.05, 0) is 58.0 Å². The first-order valence-corrected chi connectivity index (χ1v) is 8.87. The van der Waals surface area contributed by atoms with Crippen LogP contribution in [0.4, 0.5) is 0 Å². The monoisotopic (exact) mass is 328 g/mol. The van der Waals surface area contributed by atoms with Gasteiger partial charge in [-0.25, -0.2) is 0 Å². The molecule has 2 aromatic rings. The first-order chi connectivity index (χ1) is 11.7.